The van der Waals surface area contributed by atoms with Crippen molar-refractivity contribution >= 4 is 29.2 Å². The number of benzene rings is 1. The van der Waals surface area contributed by atoms with Crippen LogP contribution in [0.15, 0.2) is 64.6 Å². The first kappa shape index (κ1) is 19.4. The van der Waals surface area contributed by atoms with E-state index >= 15 is 0 Å². The molecule has 4 rings (SSSR count). The second-order valence-corrected chi connectivity index (χ2v) is 7.93. The molecule has 29 heavy (non-hydrogen) atoms. The molecule has 2 N–H and O–H groups in total. The molecule has 1 atom stereocenters. The topological polar surface area (TPSA) is 76.3 Å². The minimum Gasteiger partial charge on any atom is -0.495 e. The van der Waals surface area contributed by atoms with Gasteiger partial charge in [-0.3, -0.25) is 10.2 Å². The number of thioether (sulfide) groups is 1. The van der Waals surface area contributed by atoms with Gasteiger partial charge in [-0.05, 0) is 37.6 Å². The zero-order valence-electron chi connectivity index (χ0n) is 16.6. The monoisotopic (exact) mass is 409 g/mol. The van der Waals surface area contributed by atoms with Crippen LogP contribution in [-0.4, -0.2) is 29.2 Å². The van der Waals surface area contributed by atoms with E-state index in [1.54, 1.807) is 31.0 Å². The van der Waals surface area contributed by atoms with Crippen molar-refractivity contribution in [1.29, 1.82) is 5.41 Å². The van der Waals surface area contributed by atoms with E-state index in [-0.39, 0.29) is 11.8 Å². The Bertz CT molecular complexity index is 1050. The quantitative estimate of drug-likeness (QED) is 0.724. The van der Waals surface area contributed by atoms with Crippen molar-refractivity contribution < 1.29 is 14.3 Å². The number of hydrogen-bond acceptors (Lipinski definition) is 5. The maximum atomic E-state index is 13.3. The molecule has 1 unspecified atom stereocenters. The normalized spacial score (nSPS) is 17.8. The van der Waals surface area contributed by atoms with Crippen molar-refractivity contribution in [1.82, 2.24) is 4.57 Å². The van der Waals surface area contributed by atoms with Crippen molar-refractivity contribution in [3.63, 3.8) is 0 Å². The summed E-state index contributed by atoms with van der Waals surface area (Å²) in [5.74, 6) is 1.84. The summed E-state index contributed by atoms with van der Waals surface area (Å²) in [5, 5.41) is 12.3. The second kappa shape index (κ2) is 7.83. The van der Waals surface area contributed by atoms with Gasteiger partial charge in [0.05, 0.1) is 29.9 Å². The molecule has 7 heteroatoms. The fourth-order valence-corrected chi connectivity index (χ4v) is 4.68. The van der Waals surface area contributed by atoms with Gasteiger partial charge in [-0.25, -0.2) is 0 Å². The summed E-state index contributed by atoms with van der Waals surface area (Å²) >= 11 is 1.60. The first-order chi connectivity index (χ1) is 14.1. The number of carbonyl (C=O) groups excluding carboxylic acids is 1. The second-order valence-electron chi connectivity index (χ2n) is 6.86. The van der Waals surface area contributed by atoms with E-state index in [1.807, 2.05) is 42.0 Å². The Labute approximate surface area is 174 Å². The smallest absolute Gasteiger partial charge is 0.256 e. The van der Waals surface area contributed by atoms with E-state index < -0.39 is 0 Å². The van der Waals surface area contributed by atoms with Crippen molar-refractivity contribution in [3.8, 4) is 5.75 Å². The molecule has 0 aliphatic carbocycles. The van der Waals surface area contributed by atoms with Crippen molar-refractivity contribution in [2.24, 2.45) is 0 Å². The lowest BCUT2D eigenvalue weighted by atomic mass is 9.87. The summed E-state index contributed by atoms with van der Waals surface area (Å²) < 4.78 is 13.3. The van der Waals surface area contributed by atoms with Gasteiger partial charge in [-0.1, -0.05) is 30.8 Å². The first-order valence-electron chi connectivity index (χ1n) is 9.53. The number of hydrogen-bond donors (Lipinski definition) is 2. The fraction of sp³-hybridized carbons (Fsp3) is 0.273. The van der Waals surface area contributed by atoms with Crippen LogP contribution in [0.1, 0.15) is 31.9 Å². The van der Waals surface area contributed by atoms with Crippen molar-refractivity contribution in [2.75, 3.05) is 18.2 Å². The maximum Gasteiger partial charge on any atom is 0.256 e. The number of rotatable bonds is 6. The molecule has 0 fully saturated rings. The molecule has 1 aromatic carbocycles. The fourth-order valence-electron chi connectivity index (χ4n) is 3.74. The number of allylic oxidation sites excluding steroid dienone is 2. The Kier molecular flexibility index (Phi) is 5.24. The molecule has 2 aromatic rings. The van der Waals surface area contributed by atoms with E-state index in [1.165, 1.54) is 0 Å². The molecule has 150 valence electrons. The van der Waals surface area contributed by atoms with Gasteiger partial charge < -0.3 is 19.4 Å². The summed E-state index contributed by atoms with van der Waals surface area (Å²) in [6.45, 7) is 3.92. The number of methoxy groups -OCH3 is 1. The minimum absolute atomic E-state index is 0.253. The van der Waals surface area contributed by atoms with Crippen LogP contribution in [0.4, 0.5) is 5.69 Å². The summed E-state index contributed by atoms with van der Waals surface area (Å²) in [6.07, 6.45) is 2.86. The number of anilines is 1. The third kappa shape index (κ3) is 3.25. The van der Waals surface area contributed by atoms with E-state index in [9.17, 15) is 4.79 Å². The van der Waals surface area contributed by atoms with Gasteiger partial charge in [0.25, 0.3) is 5.91 Å². The Morgan fingerprint density at radius 3 is 2.86 bits per heavy atom. The van der Waals surface area contributed by atoms with Crippen LogP contribution in [0.5, 0.6) is 5.75 Å². The molecule has 6 nitrogen and oxygen atoms in total. The molecule has 0 radical (unpaired) electrons. The molecule has 1 amide bonds. The van der Waals surface area contributed by atoms with E-state index in [4.69, 9.17) is 14.9 Å². The lowest BCUT2D eigenvalue weighted by molar-refractivity contribution is -0.113. The highest BCUT2D eigenvalue weighted by atomic mass is 32.2. The molecule has 2 aliphatic rings. The summed E-state index contributed by atoms with van der Waals surface area (Å²) in [4.78, 5) is 13.3. The number of nitrogens with zero attached hydrogens (tertiary/aromatic N) is 1. The number of carbonyl (C=O) groups is 1. The van der Waals surface area contributed by atoms with Crippen LogP contribution in [-0.2, 0) is 9.53 Å². The molecular formula is C22H23N3O3S. The number of ether oxygens (including phenoxy) is 2. The van der Waals surface area contributed by atoms with Gasteiger partial charge in [0.2, 0.25) is 0 Å². The molecule has 2 aliphatic heterocycles. The number of fused-ring (bicyclic) bond motifs is 3. The third-order valence-corrected chi connectivity index (χ3v) is 6.21. The van der Waals surface area contributed by atoms with Gasteiger partial charge in [0.1, 0.15) is 17.3 Å². The zero-order chi connectivity index (χ0) is 20.5. The third-order valence-electron chi connectivity index (χ3n) is 5.03. The van der Waals surface area contributed by atoms with Crippen LogP contribution in [0, 0.1) is 5.41 Å². The van der Waals surface area contributed by atoms with Crippen molar-refractivity contribution in [2.45, 2.75) is 26.2 Å². The highest BCUT2D eigenvalue weighted by Crippen LogP contribution is 2.48. The molecule has 0 saturated heterocycles. The zero-order valence-corrected chi connectivity index (χ0v) is 17.4. The molecule has 1 aromatic heterocycles. The molecule has 3 heterocycles. The molecule has 0 saturated carbocycles. The van der Waals surface area contributed by atoms with Crippen LogP contribution < -0.4 is 10.1 Å². The number of para-hydroxylation sites is 2. The van der Waals surface area contributed by atoms with Gasteiger partial charge in [-0.2, -0.15) is 0 Å². The lowest BCUT2D eigenvalue weighted by Crippen LogP contribution is -2.25. The van der Waals surface area contributed by atoms with E-state index in [2.05, 4.69) is 12.2 Å². The standard InChI is InChI=1S/C22H23N3O3S/c1-4-12-29-22-19-18(15-9-7-11-25(15)20(19)23)17(13(2)28-22)21(26)24-14-8-5-6-10-16(14)27-3/h5-11,18,23H,4,12H2,1-3H3,(H,24,26). The summed E-state index contributed by atoms with van der Waals surface area (Å²) in [6, 6.07) is 11.2. The highest BCUT2D eigenvalue weighted by molar-refractivity contribution is 8.02. The van der Waals surface area contributed by atoms with Gasteiger partial charge >= 0.3 is 0 Å². The van der Waals surface area contributed by atoms with Crippen LogP contribution >= 0.6 is 11.8 Å². The Morgan fingerprint density at radius 2 is 2.10 bits per heavy atom. The molecular weight excluding hydrogens is 386 g/mol. The van der Waals surface area contributed by atoms with Crippen LogP contribution in [0.3, 0.4) is 0 Å². The van der Waals surface area contributed by atoms with Gasteiger partial charge in [-0.15, -0.1) is 0 Å². The Morgan fingerprint density at radius 1 is 1.31 bits per heavy atom. The largest absolute Gasteiger partial charge is 0.495 e. The maximum absolute atomic E-state index is 13.3. The van der Waals surface area contributed by atoms with Crippen LogP contribution in [0.25, 0.3) is 0 Å². The predicted octanol–water partition coefficient (Wildman–Crippen LogP) is 4.72. The summed E-state index contributed by atoms with van der Waals surface area (Å²) in [5.41, 5.74) is 2.79. The highest BCUT2D eigenvalue weighted by Gasteiger charge is 2.44. The number of nitrogens with one attached hydrogen (secondary N) is 2. The SMILES string of the molecule is CCCSC1=C2C(=N)n3cccc3C2C(C(=O)Nc2ccccc2OC)=C(C)O1. The summed E-state index contributed by atoms with van der Waals surface area (Å²) in [7, 11) is 1.57. The minimum atomic E-state index is -0.319. The van der Waals surface area contributed by atoms with E-state index in [0.29, 0.717) is 28.6 Å². The van der Waals surface area contributed by atoms with Crippen molar-refractivity contribution in [3.05, 3.63) is 70.3 Å². The van der Waals surface area contributed by atoms with E-state index in [0.717, 1.165) is 28.5 Å². The van der Waals surface area contributed by atoms with Gasteiger partial charge in [0, 0.05) is 17.6 Å². The number of amides is 1. The molecule has 0 bridgehead atoms. The Balaban J connectivity index is 1.74. The Hall–Kier alpha value is -2.93. The first-order valence-corrected chi connectivity index (χ1v) is 10.5. The van der Waals surface area contributed by atoms with Gasteiger partial charge in [0.15, 0.2) is 5.09 Å². The average molecular weight is 410 g/mol. The lowest BCUT2D eigenvalue weighted by Gasteiger charge is -2.26. The molecule has 0 spiro atoms. The predicted molar refractivity (Wildman–Crippen MR) is 115 cm³/mol. The number of aromatic nitrogens is 1. The van der Waals surface area contributed by atoms with Crippen LogP contribution in [0.2, 0.25) is 0 Å². The average Bonchev–Trinajstić information content (AvgIpc) is 3.30.